The summed E-state index contributed by atoms with van der Waals surface area (Å²) in [5.41, 5.74) is 3.14. The molecule has 1 amide bonds. The first-order valence-corrected chi connectivity index (χ1v) is 6.55. The molecule has 1 N–H and O–H groups in total. The molecule has 3 heteroatoms. The van der Waals surface area contributed by atoms with E-state index < -0.39 is 0 Å². The number of pyridine rings is 1. The van der Waals surface area contributed by atoms with Gasteiger partial charge in [0.15, 0.2) is 0 Å². The molecule has 0 spiro atoms. The Labute approximate surface area is 113 Å². The van der Waals surface area contributed by atoms with Gasteiger partial charge in [0.05, 0.1) is 0 Å². The van der Waals surface area contributed by atoms with Gasteiger partial charge in [-0.15, -0.1) is 0 Å². The average Bonchev–Trinajstić information content (AvgIpc) is 2.48. The SMILES string of the molecule is CCc1ccc(C(=O)NCCc2ccncc2)cc1. The van der Waals surface area contributed by atoms with Crippen molar-refractivity contribution in [3.63, 3.8) is 0 Å². The van der Waals surface area contributed by atoms with Gasteiger partial charge in [0.25, 0.3) is 5.91 Å². The number of hydrogen-bond acceptors (Lipinski definition) is 2. The lowest BCUT2D eigenvalue weighted by Crippen LogP contribution is -2.25. The van der Waals surface area contributed by atoms with Crippen molar-refractivity contribution < 1.29 is 4.79 Å². The van der Waals surface area contributed by atoms with Gasteiger partial charge in [-0.1, -0.05) is 19.1 Å². The highest BCUT2D eigenvalue weighted by atomic mass is 16.1. The molecule has 3 nitrogen and oxygen atoms in total. The highest BCUT2D eigenvalue weighted by Gasteiger charge is 2.04. The topological polar surface area (TPSA) is 42.0 Å². The van der Waals surface area contributed by atoms with Gasteiger partial charge in [-0.25, -0.2) is 0 Å². The molecule has 2 aromatic rings. The normalized spacial score (nSPS) is 10.2. The van der Waals surface area contributed by atoms with Crippen LogP contribution in [-0.2, 0) is 12.8 Å². The number of amides is 1. The summed E-state index contributed by atoms with van der Waals surface area (Å²) in [4.78, 5) is 15.9. The molecule has 0 aliphatic carbocycles. The van der Waals surface area contributed by atoms with Crippen molar-refractivity contribution in [2.24, 2.45) is 0 Å². The molecule has 0 fully saturated rings. The Morgan fingerprint density at radius 1 is 1.05 bits per heavy atom. The van der Waals surface area contributed by atoms with E-state index in [-0.39, 0.29) is 5.91 Å². The summed E-state index contributed by atoms with van der Waals surface area (Å²) < 4.78 is 0. The second kappa shape index (κ2) is 6.69. The summed E-state index contributed by atoms with van der Waals surface area (Å²) in [6.07, 6.45) is 5.34. The lowest BCUT2D eigenvalue weighted by molar-refractivity contribution is 0.0954. The zero-order valence-electron chi connectivity index (χ0n) is 11.1. The maximum absolute atomic E-state index is 11.9. The molecule has 0 radical (unpaired) electrons. The Hall–Kier alpha value is -2.16. The van der Waals surface area contributed by atoms with Crippen LogP contribution in [0, 0.1) is 0 Å². The Kier molecular flexibility index (Phi) is 4.67. The minimum absolute atomic E-state index is 0.0169. The molecule has 2 rings (SSSR count). The van der Waals surface area contributed by atoms with Crippen molar-refractivity contribution in [1.82, 2.24) is 10.3 Å². The summed E-state index contributed by atoms with van der Waals surface area (Å²) in [7, 11) is 0. The van der Waals surface area contributed by atoms with E-state index in [1.54, 1.807) is 12.4 Å². The maximum atomic E-state index is 11.9. The third kappa shape index (κ3) is 3.91. The third-order valence-electron chi connectivity index (χ3n) is 3.07. The molecule has 0 unspecified atom stereocenters. The van der Waals surface area contributed by atoms with E-state index in [1.165, 1.54) is 11.1 Å². The average molecular weight is 254 g/mol. The van der Waals surface area contributed by atoms with Gasteiger partial charge >= 0.3 is 0 Å². The molecule has 0 atom stereocenters. The summed E-state index contributed by atoms with van der Waals surface area (Å²) in [5.74, 6) is -0.0169. The second-order valence-corrected chi connectivity index (χ2v) is 4.41. The summed E-state index contributed by atoms with van der Waals surface area (Å²) in [5, 5.41) is 2.93. The fourth-order valence-electron chi connectivity index (χ4n) is 1.86. The van der Waals surface area contributed by atoms with Gasteiger partial charge in [0.1, 0.15) is 0 Å². The van der Waals surface area contributed by atoms with Gasteiger partial charge < -0.3 is 5.32 Å². The first-order chi connectivity index (χ1) is 9.29. The van der Waals surface area contributed by atoms with Crippen LogP contribution in [0.2, 0.25) is 0 Å². The summed E-state index contributed by atoms with van der Waals surface area (Å²) in [6, 6.07) is 11.7. The Balaban J connectivity index is 1.84. The number of aryl methyl sites for hydroxylation is 1. The summed E-state index contributed by atoms with van der Waals surface area (Å²) in [6.45, 7) is 2.74. The quantitative estimate of drug-likeness (QED) is 0.891. The van der Waals surface area contributed by atoms with Crippen molar-refractivity contribution in [2.45, 2.75) is 19.8 Å². The van der Waals surface area contributed by atoms with Crippen LogP contribution in [0.25, 0.3) is 0 Å². The number of nitrogens with zero attached hydrogens (tertiary/aromatic N) is 1. The lowest BCUT2D eigenvalue weighted by atomic mass is 10.1. The largest absolute Gasteiger partial charge is 0.352 e. The molecule has 1 aromatic carbocycles. The molecule has 0 bridgehead atoms. The smallest absolute Gasteiger partial charge is 0.251 e. The Morgan fingerprint density at radius 3 is 2.37 bits per heavy atom. The second-order valence-electron chi connectivity index (χ2n) is 4.41. The van der Waals surface area contributed by atoms with Gasteiger partial charge in [0, 0.05) is 24.5 Å². The number of hydrogen-bond donors (Lipinski definition) is 1. The van der Waals surface area contributed by atoms with Crippen molar-refractivity contribution in [3.8, 4) is 0 Å². The van der Waals surface area contributed by atoms with Gasteiger partial charge in [-0.3, -0.25) is 9.78 Å². The van der Waals surface area contributed by atoms with E-state index in [0.717, 1.165) is 12.8 Å². The van der Waals surface area contributed by atoms with Crippen LogP contribution < -0.4 is 5.32 Å². The first kappa shape index (κ1) is 13.3. The Bertz CT molecular complexity index is 520. The summed E-state index contributed by atoms with van der Waals surface area (Å²) >= 11 is 0. The third-order valence-corrected chi connectivity index (χ3v) is 3.07. The minimum atomic E-state index is -0.0169. The fourth-order valence-corrected chi connectivity index (χ4v) is 1.86. The fraction of sp³-hybridized carbons (Fsp3) is 0.250. The van der Waals surface area contributed by atoms with E-state index in [1.807, 2.05) is 36.4 Å². The van der Waals surface area contributed by atoms with Crippen LogP contribution in [0.4, 0.5) is 0 Å². The van der Waals surface area contributed by atoms with Crippen LogP contribution >= 0.6 is 0 Å². The number of carbonyl (C=O) groups is 1. The van der Waals surface area contributed by atoms with Crippen LogP contribution in [0.15, 0.2) is 48.8 Å². The zero-order valence-corrected chi connectivity index (χ0v) is 11.1. The van der Waals surface area contributed by atoms with E-state index >= 15 is 0 Å². The molecular formula is C16H18N2O. The molecule has 0 aliphatic rings. The predicted octanol–water partition coefficient (Wildman–Crippen LogP) is 2.62. The standard InChI is InChI=1S/C16H18N2O/c1-2-13-3-5-15(6-4-13)16(19)18-12-9-14-7-10-17-11-8-14/h3-8,10-11H,2,9,12H2,1H3,(H,18,19). The van der Waals surface area contributed by atoms with Crippen LogP contribution in [0.5, 0.6) is 0 Å². The molecule has 0 aliphatic heterocycles. The van der Waals surface area contributed by atoms with Crippen molar-refractivity contribution in [2.75, 3.05) is 6.54 Å². The van der Waals surface area contributed by atoms with Crippen LogP contribution in [0.3, 0.4) is 0 Å². The minimum Gasteiger partial charge on any atom is -0.352 e. The zero-order chi connectivity index (χ0) is 13.5. The lowest BCUT2D eigenvalue weighted by Gasteiger charge is -2.06. The number of rotatable bonds is 5. The van der Waals surface area contributed by atoms with E-state index in [4.69, 9.17) is 0 Å². The first-order valence-electron chi connectivity index (χ1n) is 6.55. The molecule has 98 valence electrons. The molecule has 0 saturated carbocycles. The van der Waals surface area contributed by atoms with Crippen molar-refractivity contribution >= 4 is 5.91 Å². The van der Waals surface area contributed by atoms with Gasteiger partial charge in [-0.05, 0) is 48.2 Å². The molecule has 19 heavy (non-hydrogen) atoms. The number of carbonyl (C=O) groups excluding carboxylic acids is 1. The van der Waals surface area contributed by atoms with Gasteiger partial charge in [0.2, 0.25) is 0 Å². The molecule has 0 saturated heterocycles. The molecule has 1 aromatic heterocycles. The highest BCUT2D eigenvalue weighted by Crippen LogP contribution is 2.05. The van der Waals surface area contributed by atoms with Crippen LogP contribution in [-0.4, -0.2) is 17.4 Å². The van der Waals surface area contributed by atoms with Crippen LogP contribution in [0.1, 0.15) is 28.4 Å². The molecule has 1 heterocycles. The van der Waals surface area contributed by atoms with E-state index in [0.29, 0.717) is 12.1 Å². The van der Waals surface area contributed by atoms with Gasteiger partial charge in [-0.2, -0.15) is 0 Å². The van der Waals surface area contributed by atoms with Crippen molar-refractivity contribution in [1.29, 1.82) is 0 Å². The number of aromatic nitrogens is 1. The van der Waals surface area contributed by atoms with Crippen molar-refractivity contribution in [3.05, 3.63) is 65.5 Å². The highest BCUT2D eigenvalue weighted by molar-refractivity contribution is 5.94. The van der Waals surface area contributed by atoms with E-state index in [2.05, 4.69) is 17.2 Å². The predicted molar refractivity (Wildman–Crippen MR) is 76.1 cm³/mol. The monoisotopic (exact) mass is 254 g/mol. The molecular weight excluding hydrogens is 236 g/mol. The van der Waals surface area contributed by atoms with E-state index in [9.17, 15) is 4.79 Å². The number of nitrogens with one attached hydrogen (secondary N) is 1. The number of benzene rings is 1. The maximum Gasteiger partial charge on any atom is 0.251 e. The Morgan fingerprint density at radius 2 is 1.74 bits per heavy atom.